The molecule has 2 heterocycles. The van der Waals surface area contributed by atoms with Gasteiger partial charge in [-0.3, -0.25) is 4.90 Å². The van der Waals surface area contributed by atoms with E-state index in [9.17, 15) is 5.11 Å². The Morgan fingerprint density at radius 3 is 2.62 bits per heavy atom. The van der Waals surface area contributed by atoms with Crippen molar-refractivity contribution in [2.24, 2.45) is 0 Å². The Kier molecular flexibility index (Phi) is 4.00. The highest BCUT2D eigenvalue weighted by Crippen LogP contribution is 2.37. The number of piperidine rings is 1. The Hall–Kier alpha value is -1.03. The molecule has 3 rings (SSSR count). The maximum absolute atomic E-state index is 10.8. The molecular weight excluding hydrogens is 286 g/mol. The molecule has 1 aromatic heterocycles. The van der Waals surface area contributed by atoms with E-state index in [0.29, 0.717) is 16.4 Å². The number of rotatable bonds is 3. The largest absolute Gasteiger partial charge is 0.457 e. The first-order chi connectivity index (χ1) is 10.00. The lowest BCUT2D eigenvalue weighted by Gasteiger charge is -2.43. The van der Waals surface area contributed by atoms with Gasteiger partial charge in [-0.1, -0.05) is 30.2 Å². The van der Waals surface area contributed by atoms with Gasteiger partial charge >= 0.3 is 0 Å². The predicted molar refractivity (Wildman–Crippen MR) is 85.7 cm³/mol. The molecule has 0 saturated carbocycles. The number of fused-ring (bicyclic) bond motifs is 1. The van der Waals surface area contributed by atoms with Gasteiger partial charge in [-0.05, 0) is 51.9 Å². The van der Waals surface area contributed by atoms with E-state index in [4.69, 9.17) is 16.0 Å². The minimum absolute atomic E-state index is 0.346. The van der Waals surface area contributed by atoms with Gasteiger partial charge in [0.05, 0.1) is 5.02 Å². The molecule has 4 heteroatoms. The van der Waals surface area contributed by atoms with Crippen LogP contribution in [0.25, 0.3) is 11.0 Å². The average molecular weight is 308 g/mol. The second kappa shape index (κ2) is 5.64. The zero-order chi connectivity index (χ0) is 15.0. The van der Waals surface area contributed by atoms with Crippen LogP contribution in [0.15, 0.2) is 28.7 Å². The van der Waals surface area contributed by atoms with E-state index >= 15 is 0 Å². The lowest BCUT2D eigenvalue weighted by atomic mass is 9.90. The van der Waals surface area contributed by atoms with E-state index in [1.807, 2.05) is 18.2 Å². The van der Waals surface area contributed by atoms with Crippen LogP contribution < -0.4 is 0 Å². The summed E-state index contributed by atoms with van der Waals surface area (Å²) in [6.07, 6.45) is 3.01. The quantitative estimate of drug-likeness (QED) is 0.914. The summed E-state index contributed by atoms with van der Waals surface area (Å²) in [5, 5.41) is 12.3. The highest BCUT2D eigenvalue weighted by Gasteiger charge is 2.37. The van der Waals surface area contributed by atoms with Gasteiger partial charge in [-0.15, -0.1) is 0 Å². The van der Waals surface area contributed by atoms with Crippen molar-refractivity contribution in [2.45, 2.75) is 44.8 Å². The van der Waals surface area contributed by atoms with Crippen LogP contribution in [0.4, 0.5) is 0 Å². The molecular formula is C17H22ClNO2. The zero-order valence-corrected chi connectivity index (χ0v) is 13.4. The fourth-order valence-corrected chi connectivity index (χ4v) is 3.39. The summed E-state index contributed by atoms with van der Waals surface area (Å²) in [7, 11) is 0. The van der Waals surface area contributed by atoms with E-state index < -0.39 is 6.10 Å². The summed E-state index contributed by atoms with van der Waals surface area (Å²) in [5.74, 6) is 0.591. The van der Waals surface area contributed by atoms with Crippen LogP contribution in [-0.4, -0.2) is 28.6 Å². The molecule has 114 valence electrons. The van der Waals surface area contributed by atoms with Crippen LogP contribution >= 0.6 is 11.6 Å². The van der Waals surface area contributed by atoms with Crippen LogP contribution in [0.5, 0.6) is 0 Å². The first kappa shape index (κ1) is 14.9. The number of para-hydroxylation sites is 1. The Labute approximate surface area is 130 Å². The lowest BCUT2D eigenvalue weighted by Crippen LogP contribution is -2.50. The molecule has 0 aliphatic carbocycles. The Morgan fingerprint density at radius 2 is 1.95 bits per heavy atom. The summed E-state index contributed by atoms with van der Waals surface area (Å²) in [5.41, 5.74) is 0.309. The minimum atomic E-state index is -0.668. The third-order valence-corrected chi connectivity index (χ3v) is 4.92. The number of hydrogen-bond donors (Lipinski definition) is 1. The minimum Gasteiger partial charge on any atom is -0.457 e. The fraction of sp³-hybridized carbons (Fsp3) is 0.529. The summed E-state index contributed by atoms with van der Waals surface area (Å²) < 4.78 is 5.83. The molecule has 0 radical (unpaired) electrons. The molecule has 3 nitrogen and oxygen atoms in total. The lowest BCUT2D eigenvalue weighted by molar-refractivity contribution is -0.0304. The van der Waals surface area contributed by atoms with Gasteiger partial charge in [0, 0.05) is 10.9 Å². The van der Waals surface area contributed by atoms with E-state index in [0.717, 1.165) is 18.5 Å². The number of hydrogen-bond acceptors (Lipinski definition) is 3. The van der Waals surface area contributed by atoms with Crippen molar-refractivity contribution in [2.75, 3.05) is 13.1 Å². The standard InChI is InChI=1S/C17H22ClNO2/c1-17(2,19-9-4-3-5-10-19)16(20)14-11-12-7-6-8-13(18)15(12)21-14/h6-8,11,16,20H,3-5,9-10H2,1-2H3. The van der Waals surface area contributed by atoms with E-state index in [1.54, 1.807) is 6.07 Å². The molecule has 1 saturated heterocycles. The van der Waals surface area contributed by atoms with Gasteiger partial charge in [-0.2, -0.15) is 0 Å². The smallest absolute Gasteiger partial charge is 0.152 e. The summed E-state index contributed by atoms with van der Waals surface area (Å²) in [6.45, 7) is 6.23. The molecule has 1 aliphatic rings. The summed E-state index contributed by atoms with van der Waals surface area (Å²) in [4.78, 5) is 2.36. The third-order valence-electron chi connectivity index (χ3n) is 4.62. The average Bonchev–Trinajstić information content (AvgIpc) is 2.93. The highest BCUT2D eigenvalue weighted by molar-refractivity contribution is 6.34. The molecule has 2 aromatic rings. The predicted octanol–water partition coefficient (Wildman–Crippen LogP) is 4.38. The molecule has 0 bridgehead atoms. The molecule has 21 heavy (non-hydrogen) atoms. The Morgan fingerprint density at radius 1 is 1.24 bits per heavy atom. The van der Waals surface area contributed by atoms with E-state index in [1.165, 1.54) is 19.3 Å². The maximum Gasteiger partial charge on any atom is 0.152 e. The molecule has 1 atom stereocenters. The number of likely N-dealkylation sites (tertiary alicyclic amines) is 1. The molecule has 1 unspecified atom stereocenters. The topological polar surface area (TPSA) is 36.6 Å². The van der Waals surface area contributed by atoms with Crippen LogP contribution in [0.1, 0.15) is 45.0 Å². The second-order valence-electron chi connectivity index (χ2n) is 6.41. The van der Waals surface area contributed by atoms with Crippen molar-refractivity contribution in [3.63, 3.8) is 0 Å². The fourth-order valence-electron chi connectivity index (χ4n) is 3.17. The molecule has 1 N–H and O–H groups in total. The summed E-state index contributed by atoms with van der Waals surface area (Å²) >= 11 is 6.15. The first-order valence-electron chi connectivity index (χ1n) is 7.61. The van der Waals surface area contributed by atoms with Crippen molar-refractivity contribution < 1.29 is 9.52 Å². The van der Waals surface area contributed by atoms with Crippen LogP contribution in [-0.2, 0) is 0 Å². The first-order valence-corrected chi connectivity index (χ1v) is 7.99. The Balaban J connectivity index is 1.91. The van der Waals surface area contributed by atoms with Gasteiger partial charge in [0.2, 0.25) is 0 Å². The number of furan rings is 1. The van der Waals surface area contributed by atoms with Gasteiger partial charge in [0.1, 0.15) is 11.9 Å². The van der Waals surface area contributed by atoms with Gasteiger partial charge in [0.25, 0.3) is 0 Å². The Bertz CT molecular complexity index is 629. The van der Waals surface area contributed by atoms with Crippen LogP contribution in [0, 0.1) is 0 Å². The number of aliphatic hydroxyl groups excluding tert-OH is 1. The van der Waals surface area contributed by atoms with E-state index in [2.05, 4.69) is 18.7 Å². The number of nitrogens with zero attached hydrogens (tertiary/aromatic N) is 1. The molecule has 0 amide bonds. The van der Waals surface area contributed by atoms with Gasteiger partial charge in [-0.25, -0.2) is 0 Å². The van der Waals surface area contributed by atoms with Gasteiger partial charge < -0.3 is 9.52 Å². The van der Waals surface area contributed by atoms with Gasteiger partial charge in [0.15, 0.2) is 5.58 Å². The van der Waals surface area contributed by atoms with Crippen molar-refractivity contribution in [3.8, 4) is 0 Å². The summed E-state index contributed by atoms with van der Waals surface area (Å²) in [6, 6.07) is 7.55. The SMILES string of the molecule is CC(C)(C(O)c1cc2cccc(Cl)c2o1)N1CCCCC1. The van der Waals surface area contributed by atoms with Crippen molar-refractivity contribution in [3.05, 3.63) is 35.0 Å². The van der Waals surface area contributed by atoms with Crippen molar-refractivity contribution in [1.82, 2.24) is 4.90 Å². The second-order valence-corrected chi connectivity index (χ2v) is 6.82. The number of aliphatic hydroxyl groups is 1. The van der Waals surface area contributed by atoms with E-state index in [-0.39, 0.29) is 5.54 Å². The molecule has 1 fully saturated rings. The number of benzene rings is 1. The van der Waals surface area contributed by atoms with Crippen LogP contribution in [0.3, 0.4) is 0 Å². The third kappa shape index (κ3) is 2.70. The van der Waals surface area contributed by atoms with Crippen molar-refractivity contribution in [1.29, 1.82) is 0 Å². The normalized spacial score (nSPS) is 19.0. The molecule has 1 aromatic carbocycles. The van der Waals surface area contributed by atoms with Crippen molar-refractivity contribution >= 4 is 22.6 Å². The molecule has 0 spiro atoms. The monoisotopic (exact) mass is 307 g/mol. The zero-order valence-electron chi connectivity index (χ0n) is 12.6. The number of halogens is 1. The maximum atomic E-state index is 10.8. The molecule has 1 aliphatic heterocycles. The highest BCUT2D eigenvalue weighted by atomic mass is 35.5. The van der Waals surface area contributed by atoms with Crippen LogP contribution in [0.2, 0.25) is 5.02 Å².